The van der Waals surface area contributed by atoms with Crippen LogP contribution in [0.1, 0.15) is 75.0 Å². The third-order valence-corrected chi connectivity index (χ3v) is 8.17. The standard InChI is InChI=1S/C37H50N4O3/c1-7-13-31-16-12-19-34(28-31)37(44)40(6)22-25-41(23-20-38(4)35(42)32-17-10-14-29(8-2)26-32)24-21-39(5)36(43)33-18-11-15-30(9-3)27-33/h10-12,14-19,26-28H,7-9,13,20-25H2,1-6H3. The van der Waals surface area contributed by atoms with Crippen molar-refractivity contribution in [2.75, 3.05) is 60.4 Å². The van der Waals surface area contributed by atoms with Crippen LogP contribution in [0.5, 0.6) is 0 Å². The molecule has 0 fully saturated rings. The number of hydrogen-bond donors (Lipinski definition) is 0. The molecule has 0 aliphatic rings. The van der Waals surface area contributed by atoms with Gasteiger partial charge in [0.1, 0.15) is 0 Å². The average Bonchev–Trinajstić information content (AvgIpc) is 3.06. The first-order valence-electron chi connectivity index (χ1n) is 15.9. The van der Waals surface area contributed by atoms with Gasteiger partial charge in [-0.3, -0.25) is 19.3 Å². The molecule has 7 nitrogen and oxygen atoms in total. The summed E-state index contributed by atoms with van der Waals surface area (Å²) in [6.07, 6.45) is 3.73. The monoisotopic (exact) mass is 598 g/mol. The molecule has 3 amide bonds. The summed E-state index contributed by atoms with van der Waals surface area (Å²) in [5.74, 6) is -0.0284. The van der Waals surface area contributed by atoms with E-state index in [0.29, 0.717) is 56.0 Å². The molecule has 0 aliphatic carbocycles. The largest absolute Gasteiger partial charge is 0.340 e. The zero-order chi connectivity index (χ0) is 32.1. The SMILES string of the molecule is CCCc1cccc(C(=O)N(C)CCN(CCN(C)C(=O)c2cccc(CC)c2)CCN(C)C(=O)c2cccc(CC)c2)c1. The van der Waals surface area contributed by atoms with E-state index in [0.717, 1.165) is 36.8 Å². The van der Waals surface area contributed by atoms with Crippen molar-refractivity contribution in [1.82, 2.24) is 19.6 Å². The number of aryl methyl sites for hydroxylation is 3. The van der Waals surface area contributed by atoms with Gasteiger partial charge in [0, 0.05) is 77.1 Å². The maximum absolute atomic E-state index is 13.2. The molecule has 3 aromatic rings. The van der Waals surface area contributed by atoms with Gasteiger partial charge in [-0.05, 0) is 72.4 Å². The molecule has 7 heteroatoms. The minimum Gasteiger partial charge on any atom is -0.340 e. The van der Waals surface area contributed by atoms with Gasteiger partial charge in [0.05, 0.1) is 0 Å². The van der Waals surface area contributed by atoms with Crippen molar-refractivity contribution >= 4 is 17.7 Å². The van der Waals surface area contributed by atoms with E-state index < -0.39 is 0 Å². The molecule has 0 heterocycles. The fraction of sp³-hybridized carbons (Fsp3) is 0.432. The molecule has 0 saturated carbocycles. The lowest BCUT2D eigenvalue weighted by molar-refractivity contribution is 0.0736. The molecule has 0 aromatic heterocycles. The van der Waals surface area contributed by atoms with Gasteiger partial charge < -0.3 is 14.7 Å². The summed E-state index contributed by atoms with van der Waals surface area (Å²) >= 11 is 0. The topological polar surface area (TPSA) is 64.2 Å². The lowest BCUT2D eigenvalue weighted by atomic mass is 10.1. The van der Waals surface area contributed by atoms with Crippen LogP contribution in [0.15, 0.2) is 72.8 Å². The molecule has 44 heavy (non-hydrogen) atoms. The van der Waals surface area contributed by atoms with Crippen LogP contribution in [-0.2, 0) is 19.3 Å². The quantitative estimate of drug-likeness (QED) is 0.213. The number of carbonyl (C=O) groups is 3. The third-order valence-electron chi connectivity index (χ3n) is 8.17. The van der Waals surface area contributed by atoms with Crippen molar-refractivity contribution in [3.63, 3.8) is 0 Å². The van der Waals surface area contributed by atoms with Gasteiger partial charge in [0.2, 0.25) is 0 Å². The summed E-state index contributed by atoms with van der Waals surface area (Å²) in [6, 6.07) is 23.4. The maximum Gasteiger partial charge on any atom is 0.253 e. The zero-order valence-corrected chi connectivity index (χ0v) is 27.5. The van der Waals surface area contributed by atoms with Crippen molar-refractivity contribution in [3.05, 3.63) is 106 Å². The van der Waals surface area contributed by atoms with Gasteiger partial charge in [-0.25, -0.2) is 0 Å². The molecule has 0 radical (unpaired) electrons. The summed E-state index contributed by atoms with van der Waals surface area (Å²) in [4.78, 5) is 47.1. The molecule has 0 N–H and O–H groups in total. The second kappa shape index (κ2) is 17.4. The summed E-state index contributed by atoms with van der Waals surface area (Å²) in [5, 5.41) is 0. The van der Waals surface area contributed by atoms with Crippen LogP contribution >= 0.6 is 0 Å². The fourth-order valence-electron chi connectivity index (χ4n) is 5.17. The normalized spacial score (nSPS) is 11.0. The molecular weight excluding hydrogens is 548 g/mol. The smallest absolute Gasteiger partial charge is 0.253 e. The molecule has 0 aliphatic heterocycles. The van der Waals surface area contributed by atoms with Crippen LogP contribution in [0.3, 0.4) is 0 Å². The Morgan fingerprint density at radius 3 is 1.18 bits per heavy atom. The first-order valence-corrected chi connectivity index (χ1v) is 15.9. The maximum atomic E-state index is 13.2. The van der Waals surface area contributed by atoms with Gasteiger partial charge in [-0.2, -0.15) is 0 Å². The highest BCUT2D eigenvalue weighted by Crippen LogP contribution is 2.12. The highest BCUT2D eigenvalue weighted by Gasteiger charge is 2.18. The van der Waals surface area contributed by atoms with E-state index in [1.807, 2.05) is 87.9 Å². The highest BCUT2D eigenvalue weighted by atomic mass is 16.2. The Labute approximate surface area is 264 Å². The molecule has 0 bridgehead atoms. The summed E-state index contributed by atoms with van der Waals surface area (Å²) in [7, 11) is 5.49. The molecule has 236 valence electrons. The minimum absolute atomic E-state index is 0.00546. The summed E-state index contributed by atoms with van der Waals surface area (Å²) in [6.45, 7) is 9.75. The van der Waals surface area contributed by atoms with E-state index in [2.05, 4.69) is 31.7 Å². The van der Waals surface area contributed by atoms with Gasteiger partial charge in [-0.1, -0.05) is 63.6 Å². The Kier molecular flexibility index (Phi) is 13.6. The lowest BCUT2D eigenvalue weighted by Crippen LogP contribution is -2.44. The summed E-state index contributed by atoms with van der Waals surface area (Å²) < 4.78 is 0. The molecule has 0 atom stereocenters. The second-order valence-electron chi connectivity index (χ2n) is 11.6. The zero-order valence-electron chi connectivity index (χ0n) is 27.5. The van der Waals surface area contributed by atoms with E-state index in [-0.39, 0.29) is 17.7 Å². The van der Waals surface area contributed by atoms with E-state index in [1.165, 1.54) is 5.56 Å². The third kappa shape index (κ3) is 10.1. The first-order chi connectivity index (χ1) is 21.2. The van der Waals surface area contributed by atoms with Gasteiger partial charge in [0.25, 0.3) is 17.7 Å². The summed E-state index contributed by atoms with van der Waals surface area (Å²) in [5.41, 5.74) is 5.52. The molecule has 0 saturated heterocycles. The van der Waals surface area contributed by atoms with E-state index in [1.54, 1.807) is 14.7 Å². The average molecular weight is 599 g/mol. The fourth-order valence-corrected chi connectivity index (χ4v) is 5.17. The van der Waals surface area contributed by atoms with Gasteiger partial charge in [0.15, 0.2) is 0 Å². The van der Waals surface area contributed by atoms with Gasteiger partial charge >= 0.3 is 0 Å². The Hall–Kier alpha value is -3.97. The van der Waals surface area contributed by atoms with E-state index in [4.69, 9.17) is 0 Å². The van der Waals surface area contributed by atoms with Crippen LogP contribution in [0.2, 0.25) is 0 Å². The Bertz CT molecular complexity index is 1320. The van der Waals surface area contributed by atoms with Crippen LogP contribution in [0.4, 0.5) is 0 Å². The van der Waals surface area contributed by atoms with E-state index >= 15 is 0 Å². The molecule has 0 spiro atoms. The number of benzene rings is 3. The number of nitrogens with zero attached hydrogens (tertiary/aromatic N) is 4. The Morgan fingerprint density at radius 2 is 0.841 bits per heavy atom. The second-order valence-corrected chi connectivity index (χ2v) is 11.6. The Balaban J connectivity index is 1.67. The van der Waals surface area contributed by atoms with Crippen LogP contribution < -0.4 is 0 Å². The minimum atomic E-state index is -0.0115. The predicted octanol–water partition coefficient (Wildman–Crippen LogP) is 5.68. The van der Waals surface area contributed by atoms with Crippen molar-refractivity contribution in [2.45, 2.75) is 46.5 Å². The van der Waals surface area contributed by atoms with Gasteiger partial charge in [-0.15, -0.1) is 0 Å². The predicted molar refractivity (Wildman–Crippen MR) is 179 cm³/mol. The highest BCUT2D eigenvalue weighted by molar-refractivity contribution is 5.95. The van der Waals surface area contributed by atoms with Crippen LogP contribution in [0.25, 0.3) is 0 Å². The number of carbonyl (C=O) groups excluding carboxylic acids is 3. The van der Waals surface area contributed by atoms with Crippen LogP contribution in [-0.4, -0.2) is 97.7 Å². The van der Waals surface area contributed by atoms with Crippen molar-refractivity contribution in [3.8, 4) is 0 Å². The van der Waals surface area contributed by atoms with Crippen molar-refractivity contribution in [2.24, 2.45) is 0 Å². The number of hydrogen-bond acceptors (Lipinski definition) is 4. The molecule has 3 rings (SSSR count). The Morgan fingerprint density at radius 1 is 0.500 bits per heavy atom. The molecular formula is C37H50N4O3. The lowest BCUT2D eigenvalue weighted by Gasteiger charge is -2.29. The van der Waals surface area contributed by atoms with Crippen molar-refractivity contribution in [1.29, 1.82) is 0 Å². The number of likely N-dealkylation sites (N-methyl/N-ethyl adjacent to an activating group) is 3. The van der Waals surface area contributed by atoms with Crippen molar-refractivity contribution < 1.29 is 14.4 Å². The number of rotatable bonds is 16. The number of amides is 3. The molecule has 3 aromatic carbocycles. The van der Waals surface area contributed by atoms with E-state index in [9.17, 15) is 14.4 Å². The molecule has 0 unspecified atom stereocenters. The first kappa shape index (κ1) is 34.5. The van der Waals surface area contributed by atoms with Crippen LogP contribution in [0, 0.1) is 0 Å².